The first-order chi connectivity index (χ1) is 19.0. The Morgan fingerprint density at radius 2 is 1.59 bits per heavy atom. The summed E-state index contributed by atoms with van der Waals surface area (Å²) < 4.78 is 27.6. The third-order valence-corrected chi connectivity index (χ3v) is 7.40. The predicted molar refractivity (Wildman–Crippen MR) is 146 cm³/mol. The van der Waals surface area contributed by atoms with Crippen LogP contribution in [-0.4, -0.2) is 62.1 Å². The minimum atomic E-state index is -0.168. The molecule has 0 atom stereocenters. The van der Waals surface area contributed by atoms with Crippen LogP contribution in [0.3, 0.4) is 0 Å². The molecule has 1 saturated heterocycles. The molecule has 0 bridgehead atoms. The van der Waals surface area contributed by atoms with Crippen molar-refractivity contribution in [1.82, 2.24) is 9.80 Å². The van der Waals surface area contributed by atoms with Gasteiger partial charge >= 0.3 is 0 Å². The van der Waals surface area contributed by atoms with E-state index in [0.717, 1.165) is 44.2 Å². The van der Waals surface area contributed by atoms with Crippen molar-refractivity contribution in [2.75, 3.05) is 47.2 Å². The summed E-state index contributed by atoms with van der Waals surface area (Å²) in [5, 5.41) is 11.1. The van der Waals surface area contributed by atoms with Gasteiger partial charge in [0.05, 0.1) is 30.7 Å². The number of benzene rings is 3. The molecular formula is C30H30N2O7. The first-order valence-electron chi connectivity index (χ1n) is 12.9. The number of methoxy groups -OCH3 is 2. The SMILES string of the molecule is COc1ccc(-c2coc3c(CN4CCN(Cc5ccc6c(c5)OCO6)CC4)c(O)ccc3c2=O)cc1OC. The van der Waals surface area contributed by atoms with Gasteiger partial charge in [0.25, 0.3) is 0 Å². The molecule has 0 amide bonds. The Hall–Kier alpha value is -4.21. The number of rotatable bonds is 7. The molecule has 0 aliphatic carbocycles. The van der Waals surface area contributed by atoms with Gasteiger partial charge < -0.3 is 28.5 Å². The standard InChI is InChI=1S/C30H30N2O7/c1-35-25-8-4-20(14-27(25)36-2)23-17-37-30-21(29(23)34)5-6-24(33)22(30)16-32-11-9-31(10-12-32)15-19-3-7-26-28(13-19)39-18-38-26/h3-8,13-14,17,33H,9-12,15-16,18H2,1-2H3. The average Bonchev–Trinajstić information content (AvgIpc) is 3.43. The van der Waals surface area contributed by atoms with E-state index in [1.54, 1.807) is 44.6 Å². The van der Waals surface area contributed by atoms with Crippen LogP contribution in [0.2, 0.25) is 0 Å². The van der Waals surface area contributed by atoms with E-state index in [-0.39, 0.29) is 18.0 Å². The number of ether oxygens (including phenoxy) is 4. The molecule has 1 aromatic heterocycles. The molecule has 3 heterocycles. The van der Waals surface area contributed by atoms with Crippen molar-refractivity contribution in [1.29, 1.82) is 0 Å². The van der Waals surface area contributed by atoms with E-state index in [2.05, 4.69) is 15.9 Å². The lowest BCUT2D eigenvalue weighted by Gasteiger charge is -2.34. The fourth-order valence-corrected chi connectivity index (χ4v) is 5.23. The van der Waals surface area contributed by atoms with Crippen LogP contribution >= 0.6 is 0 Å². The second-order valence-electron chi connectivity index (χ2n) is 9.73. The highest BCUT2D eigenvalue weighted by molar-refractivity contribution is 5.86. The van der Waals surface area contributed by atoms with E-state index in [4.69, 9.17) is 23.4 Å². The Morgan fingerprint density at radius 1 is 0.846 bits per heavy atom. The molecule has 4 aromatic rings. The van der Waals surface area contributed by atoms with E-state index in [9.17, 15) is 9.90 Å². The Morgan fingerprint density at radius 3 is 2.36 bits per heavy atom. The topological polar surface area (TPSA) is 93.8 Å². The molecular weight excluding hydrogens is 500 g/mol. The number of aromatic hydroxyl groups is 1. The van der Waals surface area contributed by atoms with Crippen molar-refractivity contribution >= 4 is 11.0 Å². The quantitative estimate of drug-likeness (QED) is 0.377. The van der Waals surface area contributed by atoms with Crippen molar-refractivity contribution in [3.63, 3.8) is 0 Å². The minimum absolute atomic E-state index is 0.118. The number of hydrogen-bond donors (Lipinski definition) is 1. The Labute approximate surface area is 225 Å². The molecule has 202 valence electrons. The number of phenolic OH excluding ortho intramolecular Hbond substituents is 1. The fraction of sp³-hybridized carbons (Fsp3) is 0.300. The van der Waals surface area contributed by atoms with Gasteiger partial charge in [0.2, 0.25) is 12.2 Å². The maximum Gasteiger partial charge on any atom is 0.231 e. The zero-order chi connectivity index (χ0) is 26.9. The van der Waals surface area contributed by atoms with Crippen LogP contribution in [0.15, 0.2) is 64.0 Å². The summed E-state index contributed by atoms with van der Waals surface area (Å²) in [6, 6.07) is 14.6. The molecule has 39 heavy (non-hydrogen) atoms. The van der Waals surface area contributed by atoms with Gasteiger partial charge in [-0.3, -0.25) is 14.6 Å². The second kappa shape index (κ2) is 10.5. The number of nitrogens with zero attached hydrogens (tertiary/aromatic N) is 2. The number of phenols is 1. The number of hydrogen-bond acceptors (Lipinski definition) is 9. The van der Waals surface area contributed by atoms with Crippen molar-refractivity contribution in [3.05, 3.63) is 76.1 Å². The molecule has 3 aromatic carbocycles. The highest BCUT2D eigenvalue weighted by Crippen LogP contribution is 2.34. The highest BCUT2D eigenvalue weighted by atomic mass is 16.7. The molecule has 0 radical (unpaired) electrons. The lowest BCUT2D eigenvalue weighted by molar-refractivity contribution is 0.121. The summed E-state index contributed by atoms with van der Waals surface area (Å²) >= 11 is 0. The molecule has 0 saturated carbocycles. The summed E-state index contributed by atoms with van der Waals surface area (Å²) in [4.78, 5) is 18.1. The first kappa shape index (κ1) is 25.1. The first-order valence-corrected chi connectivity index (χ1v) is 12.9. The van der Waals surface area contributed by atoms with Gasteiger partial charge in [0.1, 0.15) is 17.6 Å². The van der Waals surface area contributed by atoms with Gasteiger partial charge in [-0.05, 0) is 47.5 Å². The Balaban J connectivity index is 1.18. The third-order valence-electron chi connectivity index (χ3n) is 7.40. The molecule has 0 spiro atoms. The largest absolute Gasteiger partial charge is 0.507 e. The van der Waals surface area contributed by atoms with Crippen molar-refractivity contribution in [3.8, 4) is 39.9 Å². The summed E-state index contributed by atoms with van der Waals surface area (Å²) in [5.74, 6) is 2.81. The van der Waals surface area contributed by atoms with Crippen LogP contribution in [0.4, 0.5) is 0 Å². The van der Waals surface area contributed by atoms with Gasteiger partial charge in [-0.15, -0.1) is 0 Å². The zero-order valence-electron chi connectivity index (χ0n) is 21.9. The second-order valence-corrected chi connectivity index (χ2v) is 9.73. The Bertz CT molecular complexity index is 1570. The fourth-order valence-electron chi connectivity index (χ4n) is 5.23. The third kappa shape index (κ3) is 4.86. The van der Waals surface area contributed by atoms with E-state index < -0.39 is 0 Å². The van der Waals surface area contributed by atoms with Crippen LogP contribution in [0.25, 0.3) is 22.1 Å². The van der Waals surface area contributed by atoms with Gasteiger partial charge in [-0.2, -0.15) is 0 Å². The molecule has 9 heteroatoms. The lowest BCUT2D eigenvalue weighted by Crippen LogP contribution is -2.45. The van der Waals surface area contributed by atoms with E-state index >= 15 is 0 Å². The van der Waals surface area contributed by atoms with Crippen LogP contribution in [0.1, 0.15) is 11.1 Å². The van der Waals surface area contributed by atoms with E-state index in [1.807, 2.05) is 12.1 Å². The van der Waals surface area contributed by atoms with Crippen LogP contribution in [-0.2, 0) is 13.1 Å². The van der Waals surface area contributed by atoms with E-state index in [1.165, 1.54) is 11.8 Å². The molecule has 6 rings (SSSR count). The molecule has 2 aliphatic heterocycles. The van der Waals surface area contributed by atoms with Crippen LogP contribution in [0.5, 0.6) is 28.7 Å². The smallest absolute Gasteiger partial charge is 0.231 e. The molecule has 9 nitrogen and oxygen atoms in total. The zero-order valence-corrected chi connectivity index (χ0v) is 21.9. The number of fused-ring (bicyclic) bond motifs is 2. The highest BCUT2D eigenvalue weighted by Gasteiger charge is 2.22. The molecule has 1 N–H and O–H groups in total. The average molecular weight is 531 g/mol. The van der Waals surface area contributed by atoms with Gasteiger partial charge in [0.15, 0.2) is 23.0 Å². The van der Waals surface area contributed by atoms with E-state index in [0.29, 0.717) is 45.7 Å². The summed E-state index contributed by atoms with van der Waals surface area (Å²) in [6.45, 7) is 5.01. The summed E-state index contributed by atoms with van der Waals surface area (Å²) in [5.41, 5.74) is 3.12. The normalized spacial score (nSPS) is 15.5. The van der Waals surface area contributed by atoms with Crippen LogP contribution in [0, 0.1) is 0 Å². The van der Waals surface area contributed by atoms with Crippen LogP contribution < -0.4 is 24.4 Å². The molecule has 2 aliphatic rings. The van der Waals surface area contributed by atoms with Crippen molar-refractivity contribution in [2.45, 2.75) is 13.1 Å². The lowest BCUT2D eigenvalue weighted by atomic mass is 10.0. The van der Waals surface area contributed by atoms with Crippen molar-refractivity contribution < 1.29 is 28.5 Å². The summed E-state index contributed by atoms with van der Waals surface area (Å²) in [7, 11) is 3.12. The van der Waals surface area contributed by atoms with Gasteiger partial charge in [0, 0.05) is 39.3 Å². The monoisotopic (exact) mass is 530 g/mol. The van der Waals surface area contributed by atoms with Crippen molar-refractivity contribution in [2.24, 2.45) is 0 Å². The maximum atomic E-state index is 13.5. The van der Waals surface area contributed by atoms with Gasteiger partial charge in [-0.25, -0.2) is 0 Å². The van der Waals surface area contributed by atoms with Gasteiger partial charge in [-0.1, -0.05) is 12.1 Å². The molecule has 0 unspecified atom stereocenters. The summed E-state index contributed by atoms with van der Waals surface area (Å²) in [6.07, 6.45) is 1.46. The molecule has 1 fully saturated rings. The maximum absolute atomic E-state index is 13.5. The predicted octanol–water partition coefficient (Wildman–Crippen LogP) is 4.23. The Kier molecular flexibility index (Phi) is 6.76. The minimum Gasteiger partial charge on any atom is -0.507 e. The number of piperazine rings is 1.